The molecule has 12 rings (SSSR count). The molecule has 0 saturated carbocycles. The van der Waals surface area contributed by atoms with Crippen molar-refractivity contribution in [1.82, 2.24) is 29.5 Å². The quantitative estimate of drug-likeness (QED) is 0.142. The summed E-state index contributed by atoms with van der Waals surface area (Å²) in [5.41, 5.74) is 14.5. The third-order valence-electron chi connectivity index (χ3n) is 12.7. The SMILES string of the molecule is N#Cc1cccc(-c2ccc3c(c2)c2cc(-c4cccc(C#N)c4)ccc2n3-c2ccc(-c3nc(-c4ccccc4)cc(-c4ccccc4)n3)cc2-c2nc(-c3ccccc3)nc(-c3ccccc3)n2)c1. The Morgan fingerprint density at radius 1 is 0.296 bits per heavy atom. The van der Waals surface area contributed by atoms with Gasteiger partial charge < -0.3 is 4.57 Å². The maximum atomic E-state index is 9.84. The third kappa shape index (κ3) is 8.14. The van der Waals surface area contributed by atoms with Crippen LogP contribution < -0.4 is 0 Å². The summed E-state index contributed by atoms with van der Waals surface area (Å²) in [6.07, 6.45) is 0. The largest absolute Gasteiger partial charge is 0.308 e. The molecular formula is C63H38N8. The van der Waals surface area contributed by atoms with Gasteiger partial charge in [0, 0.05) is 44.2 Å². The van der Waals surface area contributed by atoms with Gasteiger partial charge in [-0.2, -0.15) is 10.5 Å². The summed E-state index contributed by atoms with van der Waals surface area (Å²) in [4.78, 5) is 26.2. The summed E-state index contributed by atoms with van der Waals surface area (Å²) < 4.78 is 2.28. The summed E-state index contributed by atoms with van der Waals surface area (Å²) in [6, 6.07) is 81.6. The summed E-state index contributed by atoms with van der Waals surface area (Å²) in [7, 11) is 0. The van der Waals surface area contributed by atoms with Crippen molar-refractivity contribution >= 4 is 21.8 Å². The molecule has 0 radical (unpaired) electrons. The second kappa shape index (κ2) is 18.2. The average Bonchev–Trinajstić information content (AvgIpc) is 3.78. The summed E-state index contributed by atoms with van der Waals surface area (Å²) in [5.74, 6) is 2.10. The van der Waals surface area contributed by atoms with E-state index in [9.17, 15) is 10.5 Å². The number of nitrogens with zero attached hydrogens (tertiary/aromatic N) is 8. The maximum absolute atomic E-state index is 9.84. The highest BCUT2D eigenvalue weighted by atomic mass is 15.1. The zero-order chi connectivity index (χ0) is 47.7. The Bertz CT molecular complexity index is 3830. The number of aromatic nitrogens is 6. The number of nitriles is 2. The van der Waals surface area contributed by atoms with Crippen molar-refractivity contribution in [3.05, 3.63) is 242 Å². The normalized spacial score (nSPS) is 11.1. The Kier molecular flexibility index (Phi) is 10.8. The first-order chi connectivity index (χ1) is 35.1. The fourth-order valence-corrected chi connectivity index (χ4v) is 9.25. The number of benzene rings is 9. The lowest BCUT2D eigenvalue weighted by Crippen LogP contribution is -2.04. The minimum Gasteiger partial charge on any atom is -0.308 e. The van der Waals surface area contributed by atoms with Gasteiger partial charge in [-0.15, -0.1) is 0 Å². The van der Waals surface area contributed by atoms with Crippen LogP contribution in [0.2, 0.25) is 0 Å². The lowest BCUT2D eigenvalue weighted by atomic mass is 9.99. The highest BCUT2D eigenvalue weighted by molar-refractivity contribution is 6.12. The van der Waals surface area contributed by atoms with Gasteiger partial charge in [0.1, 0.15) is 0 Å². The van der Waals surface area contributed by atoms with Crippen molar-refractivity contribution < 1.29 is 0 Å². The van der Waals surface area contributed by atoms with Crippen LogP contribution in [-0.2, 0) is 0 Å². The number of rotatable bonds is 9. The van der Waals surface area contributed by atoms with Gasteiger partial charge in [0.2, 0.25) is 0 Å². The molecule has 0 aliphatic rings. The van der Waals surface area contributed by atoms with Crippen LogP contribution in [0.5, 0.6) is 0 Å². The van der Waals surface area contributed by atoms with Gasteiger partial charge in [-0.25, -0.2) is 24.9 Å². The van der Waals surface area contributed by atoms with Crippen LogP contribution in [0, 0.1) is 22.7 Å². The molecule has 0 aliphatic carbocycles. The van der Waals surface area contributed by atoms with E-state index >= 15 is 0 Å². The van der Waals surface area contributed by atoms with E-state index in [1.54, 1.807) is 0 Å². The number of hydrogen-bond acceptors (Lipinski definition) is 7. The third-order valence-corrected chi connectivity index (χ3v) is 12.7. The Balaban J connectivity index is 1.15. The Labute approximate surface area is 409 Å². The van der Waals surface area contributed by atoms with Crippen molar-refractivity contribution in [3.63, 3.8) is 0 Å². The van der Waals surface area contributed by atoms with E-state index in [2.05, 4.69) is 95.6 Å². The second-order valence-corrected chi connectivity index (χ2v) is 17.1. The molecule has 8 nitrogen and oxygen atoms in total. The minimum absolute atomic E-state index is 0.474. The highest BCUT2D eigenvalue weighted by Crippen LogP contribution is 2.41. The molecule has 0 fully saturated rings. The summed E-state index contributed by atoms with van der Waals surface area (Å²) in [6.45, 7) is 0. The van der Waals surface area contributed by atoms with Crippen LogP contribution in [0.3, 0.4) is 0 Å². The molecule has 3 aromatic heterocycles. The highest BCUT2D eigenvalue weighted by Gasteiger charge is 2.23. The molecule has 0 N–H and O–H groups in total. The van der Waals surface area contributed by atoms with E-state index in [1.165, 1.54) is 0 Å². The van der Waals surface area contributed by atoms with Crippen LogP contribution in [-0.4, -0.2) is 29.5 Å². The molecule has 0 saturated heterocycles. The van der Waals surface area contributed by atoms with Crippen LogP contribution in [0.15, 0.2) is 231 Å². The first-order valence-corrected chi connectivity index (χ1v) is 23.2. The molecule has 0 unspecified atom stereocenters. The van der Waals surface area contributed by atoms with Gasteiger partial charge in [0.25, 0.3) is 0 Å². The van der Waals surface area contributed by atoms with E-state index in [0.717, 1.165) is 94.5 Å². The van der Waals surface area contributed by atoms with E-state index in [0.29, 0.717) is 34.4 Å². The van der Waals surface area contributed by atoms with Gasteiger partial charge in [-0.1, -0.05) is 158 Å². The minimum atomic E-state index is 0.474. The smallest absolute Gasteiger partial charge is 0.166 e. The molecule has 0 aliphatic heterocycles. The van der Waals surface area contributed by atoms with Crippen LogP contribution in [0.1, 0.15) is 11.1 Å². The van der Waals surface area contributed by atoms with E-state index in [-0.39, 0.29) is 0 Å². The zero-order valence-electron chi connectivity index (χ0n) is 38.0. The first-order valence-electron chi connectivity index (χ1n) is 23.2. The van der Waals surface area contributed by atoms with Crippen molar-refractivity contribution in [2.24, 2.45) is 0 Å². The Morgan fingerprint density at radius 3 is 1.15 bits per heavy atom. The molecule has 3 heterocycles. The van der Waals surface area contributed by atoms with Crippen molar-refractivity contribution in [1.29, 1.82) is 10.5 Å². The fourth-order valence-electron chi connectivity index (χ4n) is 9.25. The van der Waals surface area contributed by atoms with Crippen molar-refractivity contribution in [2.75, 3.05) is 0 Å². The lowest BCUT2D eigenvalue weighted by molar-refractivity contribution is 1.06. The monoisotopic (exact) mass is 906 g/mol. The zero-order valence-corrected chi connectivity index (χ0v) is 38.0. The number of fused-ring (bicyclic) bond motifs is 3. The van der Waals surface area contributed by atoms with Gasteiger partial charge in [0.15, 0.2) is 23.3 Å². The molecule has 0 spiro atoms. The van der Waals surface area contributed by atoms with Gasteiger partial charge in [0.05, 0.1) is 51.4 Å². The molecular weight excluding hydrogens is 869 g/mol. The van der Waals surface area contributed by atoms with Crippen LogP contribution in [0.25, 0.3) is 118 Å². The predicted octanol–water partition coefficient (Wildman–Crippen LogP) is 14.8. The summed E-state index contributed by atoms with van der Waals surface area (Å²) in [5, 5.41) is 21.7. The van der Waals surface area contributed by atoms with Gasteiger partial charge >= 0.3 is 0 Å². The standard InChI is InChI=1S/C63H38N8/c64-39-41-15-13-25-47(33-41)49-27-30-57-52(35-49)53-36-50(48-26-14-16-42(34-48)40-65)28-31-58(53)71(57)59-32-29-51(62-66-55(43-17-5-1-6-18-43)38-56(67-62)44-19-7-2-8-20-44)37-54(59)63-69-60(45-21-9-3-10-22-45)68-61(70-63)46-23-11-4-12-24-46/h1-38H. The van der Waals surface area contributed by atoms with E-state index in [4.69, 9.17) is 24.9 Å². The first kappa shape index (κ1) is 42.2. The Morgan fingerprint density at radius 2 is 0.690 bits per heavy atom. The average molecular weight is 907 g/mol. The molecule has 330 valence electrons. The molecule has 8 heteroatoms. The maximum Gasteiger partial charge on any atom is 0.166 e. The molecule has 0 bridgehead atoms. The molecule has 0 atom stereocenters. The summed E-state index contributed by atoms with van der Waals surface area (Å²) >= 11 is 0. The Hall–Kier alpha value is -10.2. The predicted molar refractivity (Wildman–Crippen MR) is 283 cm³/mol. The molecule has 9 aromatic carbocycles. The van der Waals surface area contributed by atoms with E-state index in [1.807, 2.05) is 152 Å². The van der Waals surface area contributed by atoms with Gasteiger partial charge in [-0.05, 0) is 95.1 Å². The van der Waals surface area contributed by atoms with Crippen molar-refractivity contribution in [2.45, 2.75) is 0 Å². The fraction of sp³-hybridized carbons (Fsp3) is 0. The van der Waals surface area contributed by atoms with Crippen LogP contribution >= 0.6 is 0 Å². The van der Waals surface area contributed by atoms with Gasteiger partial charge in [-0.3, -0.25) is 0 Å². The van der Waals surface area contributed by atoms with Crippen molar-refractivity contribution in [3.8, 4) is 108 Å². The molecule has 0 amide bonds. The lowest BCUT2D eigenvalue weighted by Gasteiger charge is -2.17. The molecule has 71 heavy (non-hydrogen) atoms. The second-order valence-electron chi connectivity index (χ2n) is 17.1. The van der Waals surface area contributed by atoms with E-state index < -0.39 is 0 Å². The van der Waals surface area contributed by atoms with Crippen LogP contribution in [0.4, 0.5) is 0 Å². The topological polar surface area (TPSA) is 117 Å². The number of hydrogen-bond donors (Lipinski definition) is 0. The molecule has 12 aromatic rings.